The smallest absolute Gasteiger partial charge is 0.255 e. The molecule has 1 fully saturated rings. The van der Waals surface area contributed by atoms with E-state index in [0.29, 0.717) is 11.6 Å². The van der Waals surface area contributed by atoms with E-state index in [1.165, 1.54) is 12.8 Å². The van der Waals surface area contributed by atoms with Crippen LogP contribution in [0.3, 0.4) is 0 Å². The average Bonchev–Trinajstić information content (AvgIpc) is 3.33. The molecule has 1 aliphatic heterocycles. The maximum absolute atomic E-state index is 12.7. The van der Waals surface area contributed by atoms with E-state index in [0.717, 1.165) is 46.4 Å². The average molecular weight is 385 g/mol. The van der Waals surface area contributed by atoms with Crippen molar-refractivity contribution in [1.29, 1.82) is 0 Å². The third-order valence-corrected chi connectivity index (χ3v) is 5.73. The number of likely N-dealkylation sites (tertiary alicyclic amines) is 1. The van der Waals surface area contributed by atoms with Crippen molar-refractivity contribution in [3.05, 3.63) is 66.2 Å². The van der Waals surface area contributed by atoms with Crippen molar-refractivity contribution < 1.29 is 4.79 Å². The summed E-state index contributed by atoms with van der Waals surface area (Å²) in [6.45, 7) is 4.23. The van der Waals surface area contributed by atoms with Crippen LogP contribution in [0, 0.1) is 0 Å². The summed E-state index contributed by atoms with van der Waals surface area (Å²) >= 11 is 0. The number of rotatable bonds is 4. The second kappa shape index (κ2) is 7.29. The first-order valence-corrected chi connectivity index (χ1v) is 10.0. The molecule has 6 nitrogen and oxygen atoms in total. The molecule has 146 valence electrons. The summed E-state index contributed by atoms with van der Waals surface area (Å²) in [6, 6.07) is 13.9. The Morgan fingerprint density at radius 2 is 2.14 bits per heavy atom. The second-order valence-electron chi connectivity index (χ2n) is 7.77. The standard InChI is InChI=1S/C23H23N5O/c1-15-3-2-10-28(15)14-22-26-20-7-6-19(12-21(20)27-22)25-23(29)17-4-5-18-13-24-9-8-16(18)11-17/h4-9,11-13,15H,2-3,10,14H2,1H3,(H,25,29)(H,26,27). The zero-order valence-electron chi connectivity index (χ0n) is 16.4. The highest BCUT2D eigenvalue weighted by Crippen LogP contribution is 2.22. The lowest BCUT2D eigenvalue weighted by atomic mass is 10.1. The summed E-state index contributed by atoms with van der Waals surface area (Å²) in [5, 5.41) is 5.01. The summed E-state index contributed by atoms with van der Waals surface area (Å²) in [7, 11) is 0. The second-order valence-corrected chi connectivity index (χ2v) is 7.77. The highest BCUT2D eigenvalue weighted by Gasteiger charge is 2.21. The molecular formula is C23H23N5O. The Hall–Kier alpha value is -3.25. The molecule has 4 aromatic rings. The minimum Gasteiger partial charge on any atom is -0.341 e. The molecule has 2 N–H and O–H groups in total. The van der Waals surface area contributed by atoms with Gasteiger partial charge in [0.1, 0.15) is 5.82 Å². The molecule has 0 aliphatic carbocycles. The number of amides is 1. The van der Waals surface area contributed by atoms with Crippen molar-refractivity contribution in [2.75, 3.05) is 11.9 Å². The number of aromatic amines is 1. The SMILES string of the molecule is CC1CCCN1Cc1nc2ccc(NC(=O)c3ccc4cnccc4c3)cc2[nH]1. The van der Waals surface area contributed by atoms with Gasteiger partial charge in [0.2, 0.25) is 0 Å². The quantitative estimate of drug-likeness (QED) is 0.548. The van der Waals surface area contributed by atoms with Crippen LogP contribution in [0.2, 0.25) is 0 Å². The van der Waals surface area contributed by atoms with Crippen LogP contribution < -0.4 is 5.32 Å². The zero-order valence-corrected chi connectivity index (χ0v) is 16.4. The van der Waals surface area contributed by atoms with Crippen LogP contribution in [0.4, 0.5) is 5.69 Å². The first-order chi connectivity index (χ1) is 14.2. The Morgan fingerprint density at radius 3 is 3.00 bits per heavy atom. The molecular weight excluding hydrogens is 362 g/mol. The van der Waals surface area contributed by atoms with E-state index in [4.69, 9.17) is 4.98 Å². The van der Waals surface area contributed by atoms with Gasteiger partial charge < -0.3 is 10.3 Å². The summed E-state index contributed by atoms with van der Waals surface area (Å²) < 4.78 is 0. The number of hydrogen-bond acceptors (Lipinski definition) is 4. The molecule has 1 unspecified atom stereocenters. The number of hydrogen-bond donors (Lipinski definition) is 2. The van der Waals surface area contributed by atoms with Gasteiger partial charge >= 0.3 is 0 Å². The molecule has 6 heteroatoms. The van der Waals surface area contributed by atoms with E-state index in [9.17, 15) is 4.79 Å². The van der Waals surface area contributed by atoms with Gasteiger partial charge in [0, 0.05) is 35.1 Å². The van der Waals surface area contributed by atoms with Crippen LogP contribution >= 0.6 is 0 Å². The fraction of sp³-hybridized carbons (Fsp3) is 0.261. The van der Waals surface area contributed by atoms with E-state index in [1.54, 1.807) is 12.4 Å². The molecule has 5 rings (SSSR count). The highest BCUT2D eigenvalue weighted by molar-refractivity contribution is 6.06. The van der Waals surface area contributed by atoms with E-state index < -0.39 is 0 Å². The molecule has 1 saturated heterocycles. The lowest BCUT2D eigenvalue weighted by Crippen LogP contribution is -2.26. The molecule has 2 aromatic carbocycles. The molecule has 3 heterocycles. The van der Waals surface area contributed by atoms with Gasteiger partial charge in [-0.3, -0.25) is 14.7 Å². The zero-order chi connectivity index (χ0) is 19.8. The lowest BCUT2D eigenvalue weighted by Gasteiger charge is -2.19. The molecule has 29 heavy (non-hydrogen) atoms. The molecule has 0 spiro atoms. The number of imidazole rings is 1. The highest BCUT2D eigenvalue weighted by atomic mass is 16.1. The number of anilines is 1. The van der Waals surface area contributed by atoms with Gasteiger partial charge in [0.15, 0.2) is 0 Å². The number of pyridine rings is 1. The maximum Gasteiger partial charge on any atom is 0.255 e. The number of nitrogens with zero attached hydrogens (tertiary/aromatic N) is 3. The molecule has 2 aromatic heterocycles. The molecule has 0 radical (unpaired) electrons. The summed E-state index contributed by atoms with van der Waals surface area (Å²) in [6.07, 6.45) is 6.03. The van der Waals surface area contributed by atoms with Crippen molar-refractivity contribution in [2.45, 2.75) is 32.4 Å². The third-order valence-electron chi connectivity index (χ3n) is 5.73. The number of nitrogens with one attached hydrogen (secondary N) is 2. The van der Waals surface area contributed by atoms with Gasteiger partial charge in [-0.25, -0.2) is 4.98 Å². The largest absolute Gasteiger partial charge is 0.341 e. The number of fused-ring (bicyclic) bond motifs is 2. The number of H-pyrrole nitrogens is 1. The summed E-state index contributed by atoms with van der Waals surface area (Å²) in [5.74, 6) is 0.842. The van der Waals surface area contributed by atoms with Gasteiger partial charge in [0.05, 0.1) is 17.6 Å². The molecule has 0 saturated carbocycles. The van der Waals surface area contributed by atoms with Crippen LogP contribution in [-0.2, 0) is 6.54 Å². The van der Waals surface area contributed by atoms with Gasteiger partial charge in [0.25, 0.3) is 5.91 Å². The Morgan fingerprint density at radius 1 is 1.21 bits per heavy atom. The first-order valence-electron chi connectivity index (χ1n) is 10.0. The fourth-order valence-electron chi connectivity index (χ4n) is 4.06. The number of benzene rings is 2. The van der Waals surface area contributed by atoms with Crippen LogP contribution in [0.5, 0.6) is 0 Å². The molecule has 1 aliphatic rings. The number of carbonyl (C=O) groups excluding carboxylic acids is 1. The topological polar surface area (TPSA) is 73.9 Å². The minimum atomic E-state index is -0.131. The predicted octanol–water partition coefficient (Wildman–Crippen LogP) is 4.35. The Kier molecular flexibility index (Phi) is 4.48. The van der Waals surface area contributed by atoms with Crippen LogP contribution in [-0.4, -0.2) is 38.3 Å². The van der Waals surface area contributed by atoms with E-state index in [1.807, 2.05) is 42.5 Å². The molecule has 0 bridgehead atoms. The van der Waals surface area contributed by atoms with Crippen molar-refractivity contribution in [3.8, 4) is 0 Å². The Bertz CT molecular complexity index is 1200. The van der Waals surface area contributed by atoms with E-state index in [2.05, 4.69) is 27.1 Å². The van der Waals surface area contributed by atoms with Crippen molar-refractivity contribution in [1.82, 2.24) is 19.9 Å². The van der Waals surface area contributed by atoms with Gasteiger partial charge in [-0.15, -0.1) is 0 Å². The van der Waals surface area contributed by atoms with Gasteiger partial charge in [-0.1, -0.05) is 6.07 Å². The lowest BCUT2D eigenvalue weighted by molar-refractivity contribution is 0.102. The fourth-order valence-corrected chi connectivity index (χ4v) is 4.06. The number of carbonyl (C=O) groups is 1. The van der Waals surface area contributed by atoms with Crippen LogP contribution in [0.15, 0.2) is 54.9 Å². The maximum atomic E-state index is 12.7. The van der Waals surface area contributed by atoms with Gasteiger partial charge in [-0.05, 0) is 68.1 Å². The summed E-state index contributed by atoms with van der Waals surface area (Å²) in [4.78, 5) is 27.4. The number of aromatic nitrogens is 3. The predicted molar refractivity (Wildman–Crippen MR) is 115 cm³/mol. The van der Waals surface area contributed by atoms with Crippen molar-refractivity contribution in [2.24, 2.45) is 0 Å². The minimum absolute atomic E-state index is 0.131. The molecule has 1 atom stereocenters. The Labute approximate surface area is 169 Å². The van der Waals surface area contributed by atoms with Crippen molar-refractivity contribution >= 4 is 33.4 Å². The van der Waals surface area contributed by atoms with Crippen LogP contribution in [0.1, 0.15) is 35.9 Å². The first kappa shape index (κ1) is 17.8. The van der Waals surface area contributed by atoms with Crippen molar-refractivity contribution in [3.63, 3.8) is 0 Å². The normalized spacial score (nSPS) is 17.2. The molecule has 1 amide bonds. The van der Waals surface area contributed by atoms with Crippen LogP contribution in [0.25, 0.3) is 21.8 Å². The summed E-state index contributed by atoms with van der Waals surface area (Å²) in [5.41, 5.74) is 3.23. The van der Waals surface area contributed by atoms with Gasteiger partial charge in [-0.2, -0.15) is 0 Å². The van der Waals surface area contributed by atoms with E-state index in [-0.39, 0.29) is 5.91 Å². The Balaban J connectivity index is 1.34. The monoisotopic (exact) mass is 385 g/mol. The van der Waals surface area contributed by atoms with E-state index >= 15 is 0 Å². The third kappa shape index (κ3) is 3.59.